The summed E-state index contributed by atoms with van der Waals surface area (Å²) < 4.78 is 11.7. The van der Waals surface area contributed by atoms with Gasteiger partial charge in [0.15, 0.2) is 0 Å². The molecule has 0 aliphatic rings. The molecule has 1 aromatic heterocycles. The van der Waals surface area contributed by atoms with Gasteiger partial charge < -0.3 is 14.8 Å². The van der Waals surface area contributed by atoms with Crippen LogP contribution in [0.2, 0.25) is 5.02 Å². The second-order valence-corrected chi connectivity index (χ2v) is 5.64. The zero-order valence-corrected chi connectivity index (χ0v) is 13.9. The molecule has 0 unspecified atom stereocenters. The second kappa shape index (κ2) is 8.34. The summed E-state index contributed by atoms with van der Waals surface area (Å²) in [5, 5.41) is 3.80. The Morgan fingerprint density at radius 3 is 2.95 bits per heavy atom. The Balaban J connectivity index is 2.08. The molecule has 0 aliphatic heterocycles. The molecule has 0 saturated carbocycles. The molecule has 0 saturated heterocycles. The third-order valence-corrected chi connectivity index (χ3v) is 3.54. The van der Waals surface area contributed by atoms with Crippen LogP contribution in [0, 0.1) is 0 Å². The molecule has 2 rings (SSSR count). The molecule has 21 heavy (non-hydrogen) atoms. The van der Waals surface area contributed by atoms with E-state index in [0.29, 0.717) is 29.8 Å². The van der Waals surface area contributed by atoms with E-state index in [4.69, 9.17) is 21.1 Å². The number of methoxy groups -OCH3 is 1. The molecule has 6 heteroatoms. The van der Waals surface area contributed by atoms with Crippen LogP contribution < -0.4 is 10.1 Å². The Hall–Kier alpha value is -1.14. The van der Waals surface area contributed by atoms with Crippen molar-refractivity contribution < 1.29 is 9.47 Å². The number of nitrogens with zero attached hydrogens (tertiary/aromatic N) is 1. The quantitative estimate of drug-likeness (QED) is 0.746. The van der Waals surface area contributed by atoms with E-state index >= 15 is 0 Å². The molecule has 0 spiro atoms. The first-order valence-corrected chi connectivity index (χ1v) is 7.64. The van der Waals surface area contributed by atoms with E-state index in [1.165, 1.54) is 0 Å². The molecule has 1 aromatic carbocycles. The molecule has 0 aliphatic carbocycles. The van der Waals surface area contributed by atoms with Gasteiger partial charge in [-0.05, 0) is 24.3 Å². The maximum atomic E-state index is 6.16. The third-order valence-electron chi connectivity index (χ3n) is 2.75. The van der Waals surface area contributed by atoms with Crippen molar-refractivity contribution in [3.05, 3.63) is 51.6 Å². The summed E-state index contributed by atoms with van der Waals surface area (Å²) in [4.78, 5) is 4.27. The van der Waals surface area contributed by atoms with Crippen molar-refractivity contribution >= 4 is 27.5 Å². The molecule has 4 nitrogen and oxygen atoms in total. The highest BCUT2D eigenvalue weighted by atomic mass is 79.9. The van der Waals surface area contributed by atoms with Crippen molar-refractivity contribution in [2.24, 2.45) is 0 Å². The number of halogens is 2. The topological polar surface area (TPSA) is 43.4 Å². The standard InChI is InChI=1S/C15H16BrClN2O2/c1-20-8-7-18-10-11-3-2-6-19-15(11)21-14-5-4-12(16)9-13(14)17/h2-6,9,18H,7-8,10H2,1H3. The van der Waals surface area contributed by atoms with Gasteiger partial charge in [0.05, 0.1) is 11.6 Å². The van der Waals surface area contributed by atoms with E-state index in [1.54, 1.807) is 19.4 Å². The Morgan fingerprint density at radius 2 is 2.19 bits per heavy atom. The van der Waals surface area contributed by atoms with E-state index in [0.717, 1.165) is 16.6 Å². The van der Waals surface area contributed by atoms with E-state index in [-0.39, 0.29) is 0 Å². The summed E-state index contributed by atoms with van der Waals surface area (Å²) in [6.45, 7) is 2.08. The molecule has 0 amide bonds. The Morgan fingerprint density at radius 1 is 1.33 bits per heavy atom. The lowest BCUT2D eigenvalue weighted by atomic mass is 10.2. The molecule has 0 atom stereocenters. The van der Waals surface area contributed by atoms with Gasteiger partial charge >= 0.3 is 0 Å². The lowest BCUT2D eigenvalue weighted by molar-refractivity contribution is 0.199. The van der Waals surface area contributed by atoms with Crippen molar-refractivity contribution in [1.29, 1.82) is 0 Å². The molecule has 2 aromatic rings. The maximum Gasteiger partial charge on any atom is 0.223 e. The monoisotopic (exact) mass is 370 g/mol. The fourth-order valence-corrected chi connectivity index (χ4v) is 2.42. The number of hydrogen-bond donors (Lipinski definition) is 1. The SMILES string of the molecule is COCCNCc1cccnc1Oc1ccc(Br)cc1Cl. The van der Waals surface area contributed by atoms with Crippen LogP contribution in [0.15, 0.2) is 41.0 Å². The highest BCUT2D eigenvalue weighted by Crippen LogP contribution is 2.32. The van der Waals surface area contributed by atoms with Gasteiger partial charge in [0.2, 0.25) is 5.88 Å². The van der Waals surface area contributed by atoms with Gasteiger partial charge in [-0.3, -0.25) is 0 Å². The lowest BCUT2D eigenvalue weighted by Crippen LogP contribution is -2.19. The van der Waals surface area contributed by atoms with Crippen LogP contribution >= 0.6 is 27.5 Å². The first-order valence-electron chi connectivity index (χ1n) is 6.47. The molecular weight excluding hydrogens is 356 g/mol. The number of nitrogens with one attached hydrogen (secondary N) is 1. The molecular formula is C15H16BrClN2O2. The minimum Gasteiger partial charge on any atom is -0.437 e. The predicted octanol–water partition coefficient (Wildman–Crippen LogP) is 4.03. The van der Waals surface area contributed by atoms with Crippen LogP contribution in [0.4, 0.5) is 0 Å². The summed E-state index contributed by atoms with van der Waals surface area (Å²) in [7, 11) is 1.68. The second-order valence-electron chi connectivity index (χ2n) is 4.31. The van der Waals surface area contributed by atoms with Crippen LogP contribution in [-0.4, -0.2) is 25.2 Å². The van der Waals surface area contributed by atoms with Gasteiger partial charge in [0, 0.05) is 36.4 Å². The first kappa shape index (κ1) is 16.2. The smallest absolute Gasteiger partial charge is 0.223 e. The highest BCUT2D eigenvalue weighted by molar-refractivity contribution is 9.10. The number of rotatable bonds is 7. The van der Waals surface area contributed by atoms with Crippen molar-refractivity contribution in [3.63, 3.8) is 0 Å². The van der Waals surface area contributed by atoms with Crippen molar-refractivity contribution in [2.45, 2.75) is 6.54 Å². The Labute approximate surface area is 137 Å². The molecule has 1 heterocycles. The largest absolute Gasteiger partial charge is 0.437 e. The zero-order chi connectivity index (χ0) is 15.1. The van der Waals surface area contributed by atoms with E-state index < -0.39 is 0 Å². The Bertz CT molecular complexity index is 596. The van der Waals surface area contributed by atoms with Crippen LogP contribution in [0.1, 0.15) is 5.56 Å². The molecule has 0 radical (unpaired) electrons. The van der Waals surface area contributed by atoms with Gasteiger partial charge in [0.25, 0.3) is 0 Å². The molecule has 0 fully saturated rings. The van der Waals surface area contributed by atoms with Crippen molar-refractivity contribution in [1.82, 2.24) is 10.3 Å². The number of ether oxygens (including phenoxy) is 2. The zero-order valence-electron chi connectivity index (χ0n) is 11.6. The number of aromatic nitrogens is 1. The first-order chi connectivity index (χ1) is 10.2. The van der Waals surface area contributed by atoms with E-state index in [2.05, 4.69) is 26.2 Å². The van der Waals surface area contributed by atoms with Gasteiger partial charge in [-0.1, -0.05) is 33.6 Å². The molecule has 112 valence electrons. The average molecular weight is 372 g/mol. The minimum atomic E-state index is 0.535. The highest BCUT2D eigenvalue weighted by Gasteiger charge is 2.09. The van der Waals surface area contributed by atoms with Crippen LogP contribution in [-0.2, 0) is 11.3 Å². The number of pyridine rings is 1. The van der Waals surface area contributed by atoms with Crippen molar-refractivity contribution in [3.8, 4) is 11.6 Å². The summed E-state index contributed by atoms with van der Waals surface area (Å²) in [5.41, 5.74) is 0.965. The third kappa shape index (κ3) is 4.97. The lowest BCUT2D eigenvalue weighted by Gasteiger charge is -2.11. The van der Waals surface area contributed by atoms with Crippen molar-refractivity contribution in [2.75, 3.05) is 20.3 Å². The fraction of sp³-hybridized carbons (Fsp3) is 0.267. The van der Waals surface area contributed by atoms with Crippen LogP contribution in [0.25, 0.3) is 0 Å². The number of benzene rings is 1. The minimum absolute atomic E-state index is 0.535. The summed E-state index contributed by atoms with van der Waals surface area (Å²) in [5.74, 6) is 1.13. The normalized spacial score (nSPS) is 10.6. The average Bonchev–Trinajstić information content (AvgIpc) is 2.48. The van der Waals surface area contributed by atoms with Gasteiger partial charge in [-0.2, -0.15) is 0 Å². The molecule has 0 bridgehead atoms. The van der Waals surface area contributed by atoms with E-state index in [9.17, 15) is 0 Å². The predicted molar refractivity (Wildman–Crippen MR) is 87.0 cm³/mol. The summed E-state index contributed by atoms with van der Waals surface area (Å²) in [6, 6.07) is 9.32. The van der Waals surface area contributed by atoms with Gasteiger partial charge in [-0.15, -0.1) is 0 Å². The maximum absolute atomic E-state index is 6.16. The number of hydrogen-bond acceptors (Lipinski definition) is 4. The van der Waals surface area contributed by atoms with Gasteiger partial charge in [-0.25, -0.2) is 4.98 Å². The summed E-state index contributed by atoms with van der Waals surface area (Å²) >= 11 is 9.53. The fourth-order valence-electron chi connectivity index (χ4n) is 1.71. The van der Waals surface area contributed by atoms with E-state index in [1.807, 2.05) is 24.3 Å². The summed E-state index contributed by atoms with van der Waals surface area (Å²) in [6.07, 6.45) is 1.70. The van der Waals surface area contributed by atoms with Gasteiger partial charge in [0.1, 0.15) is 5.75 Å². The van der Waals surface area contributed by atoms with Crippen LogP contribution in [0.5, 0.6) is 11.6 Å². The Kier molecular flexibility index (Phi) is 6.45. The molecule has 1 N–H and O–H groups in total. The van der Waals surface area contributed by atoms with Crippen LogP contribution in [0.3, 0.4) is 0 Å².